The number of hydrogen-bond donors (Lipinski definition) is 0. The van der Waals surface area contributed by atoms with E-state index in [4.69, 9.17) is 5.26 Å². The van der Waals surface area contributed by atoms with Gasteiger partial charge in [-0.25, -0.2) is 0 Å². The van der Waals surface area contributed by atoms with Crippen molar-refractivity contribution in [2.45, 2.75) is 0 Å². The summed E-state index contributed by atoms with van der Waals surface area (Å²) in [5, 5.41) is 9.11. The van der Waals surface area contributed by atoms with E-state index in [0.717, 1.165) is 5.52 Å². The molecule has 0 spiro atoms. The molecule has 0 aliphatic rings. The molecule has 3 aromatic heterocycles. The Morgan fingerprint density at radius 1 is 1.26 bits per heavy atom. The third-order valence-corrected chi connectivity index (χ3v) is 2.95. The molecule has 0 saturated heterocycles. The van der Waals surface area contributed by atoms with Gasteiger partial charge >= 0.3 is 0 Å². The van der Waals surface area contributed by atoms with Gasteiger partial charge in [0.05, 0.1) is 16.8 Å². The van der Waals surface area contributed by atoms with E-state index in [1.165, 1.54) is 6.20 Å². The molecule has 3 rings (SSSR count). The molecule has 3 heterocycles. The number of carbonyl (C=O) groups is 1. The number of ketones is 1. The maximum Gasteiger partial charge on any atom is 0.211 e. The van der Waals surface area contributed by atoms with Crippen molar-refractivity contribution in [3.8, 4) is 6.07 Å². The lowest BCUT2D eigenvalue weighted by atomic mass is 10.1. The van der Waals surface area contributed by atoms with E-state index in [1.54, 1.807) is 35.0 Å². The van der Waals surface area contributed by atoms with E-state index in [9.17, 15) is 4.79 Å². The van der Waals surface area contributed by atoms with Gasteiger partial charge in [-0.15, -0.1) is 0 Å². The molecule has 0 bridgehead atoms. The zero-order chi connectivity index (χ0) is 13.2. The van der Waals surface area contributed by atoms with Crippen LogP contribution in [0.25, 0.3) is 5.52 Å². The van der Waals surface area contributed by atoms with Gasteiger partial charge in [0.2, 0.25) is 5.78 Å². The van der Waals surface area contributed by atoms with Crippen molar-refractivity contribution < 1.29 is 4.79 Å². The lowest BCUT2D eigenvalue weighted by molar-refractivity contribution is 0.103. The zero-order valence-electron chi connectivity index (χ0n) is 9.95. The highest BCUT2D eigenvalue weighted by Gasteiger charge is 2.16. The molecular weight excluding hydrogens is 238 g/mol. The molecule has 90 valence electrons. The highest BCUT2D eigenvalue weighted by molar-refractivity contribution is 6.08. The van der Waals surface area contributed by atoms with Gasteiger partial charge in [-0.2, -0.15) is 5.26 Å². The molecule has 0 fully saturated rings. The Bertz CT molecular complexity index is 797. The van der Waals surface area contributed by atoms with E-state index in [-0.39, 0.29) is 5.78 Å². The Balaban J connectivity index is 2.22. The van der Waals surface area contributed by atoms with Gasteiger partial charge in [0, 0.05) is 24.2 Å². The predicted octanol–water partition coefficient (Wildman–Crippen LogP) is 2.44. The minimum Gasteiger partial charge on any atom is -0.312 e. The molecule has 3 aromatic rings. The zero-order valence-corrected chi connectivity index (χ0v) is 9.95. The summed E-state index contributed by atoms with van der Waals surface area (Å²) >= 11 is 0. The second kappa shape index (κ2) is 4.39. The fourth-order valence-corrected chi connectivity index (χ4v) is 2.06. The summed E-state index contributed by atoms with van der Waals surface area (Å²) in [5.74, 6) is -0.143. The van der Waals surface area contributed by atoms with Gasteiger partial charge < -0.3 is 4.40 Å². The Morgan fingerprint density at radius 2 is 2.16 bits per heavy atom. The second-order valence-corrected chi connectivity index (χ2v) is 4.08. The van der Waals surface area contributed by atoms with Crippen molar-refractivity contribution in [1.29, 1.82) is 5.26 Å². The van der Waals surface area contributed by atoms with Crippen LogP contribution in [0.2, 0.25) is 0 Å². The van der Waals surface area contributed by atoms with Crippen LogP contribution < -0.4 is 0 Å². The summed E-state index contributed by atoms with van der Waals surface area (Å²) in [7, 11) is 0. The number of fused-ring (bicyclic) bond motifs is 1. The van der Waals surface area contributed by atoms with Gasteiger partial charge in [-0.05, 0) is 30.3 Å². The van der Waals surface area contributed by atoms with Gasteiger partial charge in [0.25, 0.3) is 0 Å². The molecule has 0 aromatic carbocycles. The maximum absolute atomic E-state index is 12.4. The molecule has 0 atom stereocenters. The van der Waals surface area contributed by atoms with Crippen molar-refractivity contribution in [2.75, 3.05) is 0 Å². The van der Waals surface area contributed by atoms with Crippen molar-refractivity contribution in [2.24, 2.45) is 0 Å². The van der Waals surface area contributed by atoms with Crippen LogP contribution in [0.1, 0.15) is 21.6 Å². The minimum absolute atomic E-state index is 0.143. The van der Waals surface area contributed by atoms with Crippen LogP contribution in [0.15, 0.2) is 55.0 Å². The number of nitrogens with zero attached hydrogens (tertiary/aromatic N) is 3. The first-order valence-corrected chi connectivity index (χ1v) is 5.76. The van der Waals surface area contributed by atoms with E-state index < -0.39 is 0 Å². The number of hydrogen-bond acceptors (Lipinski definition) is 3. The average molecular weight is 247 g/mol. The van der Waals surface area contributed by atoms with Crippen LogP contribution in [-0.2, 0) is 0 Å². The Hall–Kier alpha value is -2.93. The molecule has 0 amide bonds. The molecule has 0 radical (unpaired) electrons. The summed E-state index contributed by atoms with van der Waals surface area (Å²) in [5.41, 5.74) is 2.21. The summed E-state index contributed by atoms with van der Waals surface area (Å²) < 4.78 is 1.73. The SMILES string of the molecule is N#Cc1cc(C(=O)c2cccnc2)n2ccccc12. The molecule has 4 heteroatoms. The average Bonchev–Trinajstić information content (AvgIpc) is 2.86. The molecule has 4 nitrogen and oxygen atoms in total. The van der Waals surface area contributed by atoms with Crippen LogP contribution >= 0.6 is 0 Å². The van der Waals surface area contributed by atoms with Crippen LogP contribution in [0.5, 0.6) is 0 Å². The number of aromatic nitrogens is 2. The van der Waals surface area contributed by atoms with Crippen molar-refractivity contribution in [3.63, 3.8) is 0 Å². The van der Waals surface area contributed by atoms with Crippen LogP contribution in [0, 0.1) is 11.3 Å². The van der Waals surface area contributed by atoms with Crippen molar-refractivity contribution >= 4 is 11.3 Å². The van der Waals surface area contributed by atoms with Crippen LogP contribution in [-0.4, -0.2) is 15.2 Å². The van der Waals surface area contributed by atoms with Crippen LogP contribution in [0.3, 0.4) is 0 Å². The Labute approximate surface area is 109 Å². The highest BCUT2D eigenvalue weighted by atomic mass is 16.1. The molecule has 0 aliphatic heterocycles. The maximum atomic E-state index is 12.4. The third-order valence-electron chi connectivity index (χ3n) is 2.95. The standard InChI is InChI=1S/C15H9N3O/c16-9-12-8-14(18-7-2-1-5-13(12)18)15(19)11-4-3-6-17-10-11/h1-8,10H. The molecular formula is C15H9N3O. The Kier molecular flexibility index (Phi) is 2.58. The molecule has 0 N–H and O–H groups in total. The topological polar surface area (TPSA) is 58.2 Å². The molecule has 0 aliphatic carbocycles. The fourth-order valence-electron chi connectivity index (χ4n) is 2.06. The minimum atomic E-state index is -0.143. The molecule has 19 heavy (non-hydrogen) atoms. The summed E-state index contributed by atoms with van der Waals surface area (Å²) in [6, 6.07) is 12.6. The number of nitriles is 1. The first-order chi connectivity index (χ1) is 9.31. The quantitative estimate of drug-likeness (QED) is 0.653. The first-order valence-electron chi connectivity index (χ1n) is 5.76. The van der Waals surface area contributed by atoms with Gasteiger partial charge in [-0.3, -0.25) is 9.78 Å². The smallest absolute Gasteiger partial charge is 0.211 e. The van der Waals surface area contributed by atoms with Gasteiger partial charge in [-0.1, -0.05) is 6.07 Å². The van der Waals surface area contributed by atoms with Gasteiger partial charge in [0.15, 0.2) is 0 Å². The lowest BCUT2D eigenvalue weighted by Gasteiger charge is -2.01. The van der Waals surface area contributed by atoms with Gasteiger partial charge in [0.1, 0.15) is 6.07 Å². The first kappa shape index (κ1) is 11.2. The van der Waals surface area contributed by atoms with Crippen molar-refractivity contribution in [1.82, 2.24) is 9.38 Å². The Morgan fingerprint density at radius 3 is 2.89 bits per heavy atom. The number of pyridine rings is 2. The molecule has 0 unspecified atom stereocenters. The predicted molar refractivity (Wildman–Crippen MR) is 69.8 cm³/mol. The molecule has 0 saturated carbocycles. The summed E-state index contributed by atoms with van der Waals surface area (Å²) in [6.07, 6.45) is 4.92. The third kappa shape index (κ3) is 1.78. The second-order valence-electron chi connectivity index (χ2n) is 4.08. The van der Waals surface area contributed by atoms with Crippen LogP contribution in [0.4, 0.5) is 0 Å². The normalized spacial score (nSPS) is 10.3. The van der Waals surface area contributed by atoms with E-state index in [0.29, 0.717) is 16.8 Å². The summed E-state index contributed by atoms with van der Waals surface area (Å²) in [6.45, 7) is 0. The lowest BCUT2D eigenvalue weighted by Crippen LogP contribution is -2.05. The van der Waals surface area contributed by atoms with E-state index in [1.807, 2.05) is 18.2 Å². The highest BCUT2D eigenvalue weighted by Crippen LogP contribution is 2.18. The summed E-state index contributed by atoms with van der Waals surface area (Å²) in [4.78, 5) is 16.4. The largest absolute Gasteiger partial charge is 0.312 e. The number of carbonyl (C=O) groups excluding carboxylic acids is 1. The number of rotatable bonds is 2. The fraction of sp³-hybridized carbons (Fsp3) is 0. The van der Waals surface area contributed by atoms with E-state index >= 15 is 0 Å². The monoisotopic (exact) mass is 247 g/mol. The van der Waals surface area contributed by atoms with Crippen molar-refractivity contribution in [3.05, 3.63) is 71.8 Å². The van der Waals surface area contributed by atoms with E-state index in [2.05, 4.69) is 11.1 Å².